The second-order valence-corrected chi connectivity index (χ2v) is 10.2. The van der Waals surface area contributed by atoms with Crippen LogP contribution in [0.25, 0.3) is 0 Å². The molecule has 1 saturated heterocycles. The second kappa shape index (κ2) is 14.4. The molecular weight excluding hydrogens is 495 g/mol. The van der Waals surface area contributed by atoms with Crippen LogP contribution in [0, 0.1) is 5.92 Å². The lowest BCUT2D eigenvalue weighted by Crippen LogP contribution is -2.53. The number of carbonyl (C=O) groups is 2. The number of hydrogen-bond donors (Lipinski definition) is 2. The quantitative estimate of drug-likeness (QED) is 0.617. The molecule has 0 aromatic heterocycles. The molecular formula is C25H38Cl2N2O6. The predicted molar refractivity (Wildman–Crippen MR) is 136 cm³/mol. The fourth-order valence-electron chi connectivity index (χ4n) is 4.30. The molecule has 198 valence electrons. The van der Waals surface area contributed by atoms with E-state index < -0.39 is 18.3 Å². The van der Waals surface area contributed by atoms with Crippen molar-refractivity contribution in [2.75, 3.05) is 40.0 Å². The van der Waals surface area contributed by atoms with Crippen molar-refractivity contribution in [2.24, 2.45) is 5.92 Å². The van der Waals surface area contributed by atoms with Crippen molar-refractivity contribution in [3.63, 3.8) is 0 Å². The van der Waals surface area contributed by atoms with Gasteiger partial charge in [0.2, 0.25) is 5.91 Å². The zero-order valence-corrected chi connectivity index (χ0v) is 22.5. The lowest BCUT2D eigenvalue weighted by Gasteiger charge is -2.38. The van der Waals surface area contributed by atoms with E-state index in [-0.39, 0.29) is 59.1 Å². The first kappa shape index (κ1) is 29.8. The van der Waals surface area contributed by atoms with Gasteiger partial charge in [0, 0.05) is 46.3 Å². The molecule has 2 amide bonds. The van der Waals surface area contributed by atoms with Crippen LogP contribution < -0.4 is 0 Å². The Labute approximate surface area is 218 Å². The molecule has 0 spiro atoms. The predicted octanol–water partition coefficient (Wildman–Crippen LogP) is 3.25. The molecule has 10 heteroatoms. The first-order chi connectivity index (χ1) is 16.6. The average molecular weight is 533 g/mol. The Morgan fingerprint density at radius 3 is 2.40 bits per heavy atom. The first-order valence-corrected chi connectivity index (χ1v) is 12.8. The molecule has 1 aliphatic rings. The van der Waals surface area contributed by atoms with Gasteiger partial charge in [-0.15, -0.1) is 0 Å². The Hall–Kier alpha value is -1.42. The highest BCUT2D eigenvalue weighted by Crippen LogP contribution is 2.28. The maximum absolute atomic E-state index is 13.8. The number of carbonyl (C=O) groups excluding carboxylic acids is 2. The van der Waals surface area contributed by atoms with E-state index >= 15 is 0 Å². The van der Waals surface area contributed by atoms with E-state index in [4.69, 9.17) is 32.7 Å². The molecule has 35 heavy (non-hydrogen) atoms. The van der Waals surface area contributed by atoms with Crippen LogP contribution in [0.15, 0.2) is 18.2 Å². The van der Waals surface area contributed by atoms with E-state index in [1.165, 1.54) is 14.0 Å². The van der Waals surface area contributed by atoms with Gasteiger partial charge in [0.15, 0.2) is 0 Å². The summed E-state index contributed by atoms with van der Waals surface area (Å²) < 4.78 is 11.0. The molecule has 0 unspecified atom stereocenters. The van der Waals surface area contributed by atoms with Gasteiger partial charge in [-0.25, -0.2) is 0 Å². The van der Waals surface area contributed by atoms with E-state index in [9.17, 15) is 19.8 Å². The smallest absolute Gasteiger partial charge is 0.257 e. The third-order valence-electron chi connectivity index (χ3n) is 6.20. The van der Waals surface area contributed by atoms with Crippen LogP contribution in [0.2, 0.25) is 10.0 Å². The minimum Gasteiger partial charge on any atom is -0.388 e. The summed E-state index contributed by atoms with van der Waals surface area (Å²) in [5.74, 6) is -0.283. The minimum atomic E-state index is -1.24. The average Bonchev–Trinajstić information content (AvgIpc) is 2.78. The van der Waals surface area contributed by atoms with E-state index in [2.05, 4.69) is 13.8 Å². The highest BCUT2D eigenvalue weighted by atomic mass is 35.5. The number of nitrogens with zero attached hydrogens (tertiary/aromatic N) is 2. The van der Waals surface area contributed by atoms with Crippen LogP contribution in [-0.4, -0.2) is 96.1 Å². The monoisotopic (exact) mass is 532 g/mol. The number of ether oxygens (including phenoxy) is 2. The minimum absolute atomic E-state index is 0.0491. The summed E-state index contributed by atoms with van der Waals surface area (Å²) in [5.41, 5.74) is 0.240. The van der Waals surface area contributed by atoms with Crippen molar-refractivity contribution in [1.82, 2.24) is 9.80 Å². The third-order valence-corrected chi connectivity index (χ3v) is 6.83. The summed E-state index contributed by atoms with van der Waals surface area (Å²) in [6.45, 7) is 6.56. The van der Waals surface area contributed by atoms with Gasteiger partial charge in [-0.2, -0.15) is 0 Å². The van der Waals surface area contributed by atoms with E-state index in [1.54, 1.807) is 28.0 Å². The van der Waals surface area contributed by atoms with Crippen LogP contribution in [0.5, 0.6) is 0 Å². The van der Waals surface area contributed by atoms with Crippen LogP contribution in [0.1, 0.15) is 50.4 Å². The molecule has 1 fully saturated rings. The van der Waals surface area contributed by atoms with Crippen molar-refractivity contribution in [3.05, 3.63) is 33.8 Å². The Morgan fingerprint density at radius 2 is 1.83 bits per heavy atom. The SMILES string of the molecule is CO[C@@H]1CN(C(C)=O)C[C@H](CC(C)C)N(C(=O)c2c(Cl)cccc2Cl)CCCCOC[C@@H](O)[C@H]1O. The van der Waals surface area contributed by atoms with Crippen LogP contribution >= 0.6 is 23.2 Å². The molecule has 8 nitrogen and oxygen atoms in total. The molecule has 2 N–H and O–H groups in total. The summed E-state index contributed by atoms with van der Waals surface area (Å²) >= 11 is 12.8. The van der Waals surface area contributed by atoms with Crippen molar-refractivity contribution >= 4 is 35.0 Å². The normalized spacial score (nSPS) is 25.4. The maximum Gasteiger partial charge on any atom is 0.257 e. The summed E-state index contributed by atoms with van der Waals surface area (Å²) in [4.78, 5) is 29.7. The highest BCUT2D eigenvalue weighted by Gasteiger charge is 2.33. The number of halogens is 2. The number of methoxy groups -OCH3 is 1. The van der Waals surface area contributed by atoms with E-state index in [0.717, 1.165) is 0 Å². The van der Waals surface area contributed by atoms with E-state index in [0.29, 0.717) is 32.4 Å². The highest BCUT2D eigenvalue weighted by molar-refractivity contribution is 6.39. The lowest BCUT2D eigenvalue weighted by molar-refractivity contribution is -0.137. The van der Waals surface area contributed by atoms with Gasteiger partial charge in [-0.1, -0.05) is 43.1 Å². The first-order valence-electron chi connectivity index (χ1n) is 12.0. The van der Waals surface area contributed by atoms with Gasteiger partial charge in [-0.3, -0.25) is 9.59 Å². The zero-order chi connectivity index (χ0) is 26.1. The van der Waals surface area contributed by atoms with Gasteiger partial charge in [0.05, 0.1) is 22.2 Å². The Morgan fingerprint density at radius 1 is 1.17 bits per heavy atom. The fraction of sp³-hybridized carbons (Fsp3) is 0.680. The van der Waals surface area contributed by atoms with Gasteiger partial charge < -0.3 is 29.5 Å². The molecule has 0 bridgehead atoms. The van der Waals surface area contributed by atoms with Crippen LogP contribution in [-0.2, 0) is 14.3 Å². The maximum atomic E-state index is 13.8. The molecule has 2 rings (SSSR count). The van der Waals surface area contributed by atoms with Gasteiger partial charge in [0.1, 0.15) is 18.3 Å². The molecule has 1 aliphatic heterocycles. The Bertz CT molecular complexity index is 820. The summed E-state index contributed by atoms with van der Waals surface area (Å²) in [7, 11) is 1.42. The molecule has 0 radical (unpaired) electrons. The van der Waals surface area contributed by atoms with Gasteiger partial charge >= 0.3 is 0 Å². The molecule has 1 aromatic carbocycles. The van der Waals surface area contributed by atoms with Crippen molar-refractivity contribution in [3.8, 4) is 0 Å². The number of benzene rings is 1. The number of rotatable bonds is 4. The lowest BCUT2D eigenvalue weighted by atomic mass is 9.99. The molecule has 4 atom stereocenters. The van der Waals surface area contributed by atoms with Crippen molar-refractivity contribution in [1.29, 1.82) is 0 Å². The standard InChI is InChI=1S/C25H38Cl2N2O6/c1-16(2)12-18-13-28(17(3)30)14-22(34-4)24(32)21(31)15-35-11-6-5-10-29(18)25(33)23-19(26)8-7-9-20(23)27/h7-9,16,18,21-22,24,31-32H,5-6,10-15H2,1-4H3/t18-,21+,22+,24+/m0/s1. The second-order valence-electron chi connectivity index (χ2n) is 9.42. The summed E-state index contributed by atoms with van der Waals surface area (Å²) in [6.07, 6.45) is -1.31. The fourth-order valence-corrected chi connectivity index (χ4v) is 4.86. The molecule has 1 heterocycles. The molecule has 0 aliphatic carbocycles. The zero-order valence-electron chi connectivity index (χ0n) is 21.0. The largest absolute Gasteiger partial charge is 0.388 e. The summed E-state index contributed by atoms with van der Waals surface area (Å²) in [5, 5.41) is 21.5. The number of hydrogen-bond acceptors (Lipinski definition) is 6. The molecule has 0 saturated carbocycles. The number of aliphatic hydroxyl groups is 2. The Kier molecular flexibility index (Phi) is 12.2. The van der Waals surface area contributed by atoms with Crippen molar-refractivity contribution < 1.29 is 29.3 Å². The van der Waals surface area contributed by atoms with Crippen LogP contribution in [0.4, 0.5) is 0 Å². The topological polar surface area (TPSA) is 99.5 Å². The van der Waals surface area contributed by atoms with Crippen molar-refractivity contribution in [2.45, 2.75) is 64.4 Å². The Balaban J connectivity index is 2.47. The van der Waals surface area contributed by atoms with Gasteiger partial charge in [-0.05, 0) is 37.3 Å². The molecule has 1 aromatic rings. The van der Waals surface area contributed by atoms with Crippen LogP contribution in [0.3, 0.4) is 0 Å². The van der Waals surface area contributed by atoms with E-state index in [1.807, 2.05) is 0 Å². The summed E-state index contributed by atoms with van der Waals surface area (Å²) in [6, 6.07) is 4.62. The third kappa shape index (κ3) is 8.58. The number of amides is 2. The number of aliphatic hydroxyl groups excluding tert-OH is 2. The van der Waals surface area contributed by atoms with Gasteiger partial charge in [0.25, 0.3) is 5.91 Å².